The van der Waals surface area contributed by atoms with Crippen LogP contribution in [-0.2, 0) is 13.0 Å². The van der Waals surface area contributed by atoms with Gasteiger partial charge in [0.2, 0.25) is 0 Å². The van der Waals surface area contributed by atoms with Crippen LogP contribution in [0.3, 0.4) is 0 Å². The molecule has 0 saturated carbocycles. The smallest absolute Gasteiger partial charge is 0.404 e. The number of carboxylic acid groups (broad SMARTS) is 1. The molecule has 0 saturated heterocycles. The van der Waals surface area contributed by atoms with E-state index in [9.17, 15) is 9.59 Å². The van der Waals surface area contributed by atoms with Crippen molar-refractivity contribution in [3.8, 4) is 0 Å². The zero-order valence-corrected chi connectivity index (χ0v) is 15.1. The third-order valence-electron chi connectivity index (χ3n) is 4.81. The molecular weight excluding hydrogens is 356 g/mol. The molecule has 7 nitrogen and oxygen atoms in total. The van der Waals surface area contributed by atoms with Crippen LogP contribution in [0.25, 0.3) is 10.8 Å². The van der Waals surface area contributed by atoms with Crippen molar-refractivity contribution >= 4 is 28.6 Å². The molecule has 7 heteroatoms. The van der Waals surface area contributed by atoms with Gasteiger partial charge in [-0.05, 0) is 41.1 Å². The van der Waals surface area contributed by atoms with Crippen LogP contribution >= 0.6 is 0 Å². The lowest BCUT2D eigenvalue weighted by Crippen LogP contribution is -2.44. The Labute approximate surface area is 161 Å². The largest absolute Gasteiger partial charge is 0.465 e. The van der Waals surface area contributed by atoms with Crippen LogP contribution in [0.15, 0.2) is 54.7 Å². The molecule has 2 amide bonds. The molecule has 1 aliphatic heterocycles. The van der Waals surface area contributed by atoms with Crippen LogP contribution < -0.4 is 16.0 Å². The van der Waals surface area contributed by atoms with E-state index in [1.54, 1.807) is 6.20 Å². The average molecular weight is 376 g/mol. The lowest BCUT2D eigenvalue weighted by Gasteiger charge is -2.19. The van der Waals surface area contributed by atoms with Crippen LogP contribution in [0.4, 0.5) is 10.6 Å². The summed E-state index contributed by atoms with van der Waals surface area (Å²) in [4.78, 5) is 28.1. The Bertz CT molecular complexity index is 1040. The first-order valence-corrected chi connectivity index (χ1v) is 9.07. The molecular formula is C21H20N4O3. The first-order valence-electron chi connectivity index (χ1n) is 9.07. The number of anilines is 1. The number of hydrogen-bond donors (Lipinski definition) is 4. The fraction of sp³-hybridized carbons (Fsp3) is 0.190. The average Bonchev–Trinajstić information content (AvgIpc) is 3.11. The lowest BCUT2D eigenvalue weighted by atomic mass is 10.0. The molecule has 0 aliphatic carbocycles. The summed E-state index contributed by atoms with van der Waals surface area (Å²) in [5.41, 5.74) is 2.61. The summed E-state index contributed by atoms with van der Waals surface area (Å²) in [5.74, 6) is 0.614. The zero-order valence-electron chi connectivity index (χ0n) is 15.1. The lowest BCUT2D eigenvalue weighted by molar-refractivity contribution is 0.0935. The van der Waals surface area contributed by atoms with Crippen molar-refractivity contribution in [3.63, 3.8) is 0 Å². The number of benzene rings is 2. The molecule has 3 aromatic rings. The maximum absolute atomic E-state index is 12.9. The van der Waals surface area contributed by atoms with Gasteiger partial charge in [0, 0.05) is 30.2 Å². The van der Waals surface area contributed by atoms with Gasteiger partial charge in [-0.15, -0.1) is 0 Å². The monoisotopic (exact) mass is 376 g/mol. The van der Waals surface area contributed by atoms with Crippen LogP contribution in [0.1, 0.15) is 21.5 Å². The van der Waals surface area contributed by atoms with E-state index in [0.717, 1.165) is 27.7 Å². The highest BCUT2D eigenvalue weighted by Crippen LogP contribution is 2.32. The maximum Gasteiger partial charge on any atom is 0.404 e. The quantitative estimate of drug-likeness (QED) is 0.530. The second-order valence-corrected chi connectivity index (χ2v) is 6.79. The number of rotatable bonds is 6. The number of carbonyl (C=O) groups excluding carboxylic acids is 1. The van der Waals surface area contributed by atoms with Crippen molar-refractivity contribution in [3.05, 3.63) is 71.4 Å². The molecule has 1 atom stereocenters. The van der Waals surface area contributed by atoms with Crippen molar-refractivity contribution in [2.45, 2.75) is 19.0 Å². The van der Waals surface area contributed by atoms with Gasteiger partial charge in [-0.1, -0.05) is 30.3 Å². The Kier molecular flexibility index (Phi) is 4.80. The van der Waals surface area contributed by atoms with Gasteiger partial charge in [-0.25, -0.2) is 9.78 Å². The van der Waals surface area contributed by atoms with E-state index in [0.29, 0.717) is 18.5 Å². The first kappa shape index (κ1) is 17.8. The number of hydrogen-bond acceptors (Lipinski definition) is 4. The van der Waals surface area contributed by atoms with Crippen LogP contribution in [0.5, 0.6) is 0 Å². The molecule has 1 aliphatic rings. The molecule has 1 aromatic heterocycles. The van der Waals surface area contributed by atoms with E-state index < -0.39 is 6.09 Å². The standard InChI is InChI=1S/C21H20N4O3/c26-20(15-9-14-6-7-22-19-18(14)16(10-15)11-23-19)25-17(12-24-21(27)28)8-13-4-2-1-3-5-13/h1-7,9-10,17,24H,8,11-12H2,(H,22,23)(H,25,26)(H,27,28)/t17-/m0/s1. The molecule has 4 rings (SSSR count). The SMILES string of the molecule is O=C(O)NC[C@H](Cc1ccccc1)NC(=O)c1cc2c3c(nccc3c1)NC2. The Morgan fingerprint density at radius 2 is 2.00 bits per heavy atom. The van der Waals surface area contributed by atoms with Gasteiger partial charge in [0.25, 0.3) is 5.91 Å². The minimum absolute atomic E-state index is 0.131. The fourth-order valence-electron chi connectivity index (χ4n) is 3.54. The van der Waals surface area contributed by atoms with Crippen molar-refractivity contribution in [2.24, 2.45) is 0 Å². The predicted molar refractivity (Wildman–Crippen MR) is 106 cm³/mol. The number of nitrogens with one attached hydrogen (secondary N) is 3. The maximum atomic E-state index is 12.9. The highest BCUT2D eigenvalue weighted by Gasteiger charge is 2.20. The molecule has 4 N–H and O–H groups in total. The second-order valence-electron chi connectivity index (χ2n) is 6.79. The molecule has 142 valence electrons. The van der Waals surface area contributed by atoms with Crippen LogP contribution in [0.2, 0.25) is 0 Å². The number of pyridine rings is 1. The van der Waals surface area contributed by atoms with Gasteiger partial charge in [0.15, 0.2) is 0 Å². The second kappa shape index (κ2) is 7.56. The van der Waals surface area contributed by atoms with Crippen molar-refractivity contribution in [2.75, 3.05) is 11.9 Å². The molecule has 2 heterocycles. The third-order valence-corrected chi connectivity index (χ3v) is 4.81. The Balaban J connectivity index is 1.55. The number of carbonyl (C=O) groups is 2. The van der Waals surface area contributed by atoms with Crippen molar-refractivity contribution < 1.29 is 14.7 Å². The molecule has 28 heavy (non-hydrogen) atoms. The van der Waals surface area contributed by atoms with Gasteiger partial charge in [0.1, 0.15) is 5.82 Å². The van der Waals surface area contributed by atoms with Crippen LogP contribution in [0, 0.1) is 0 Å². The van der Waals surface area contributed by atoms with E-state index in [4.69, 9.17) is 5.11 Å². The Morgan fingerprint density at radius 3 is 2.79 bits per heavy atom. The summed E-state index contributed by atoms with van der Waals surface area (Å²) in [6.45, 7) is 0.768. The zero-order chi connectivity index (χ0) is 19.5. The van der Waals surface area contributed by atoms with E-state index in [1.807, 2.05) is 48.5 Å². The molecule has 0 spiro atoms. The highest BCUT2D eigenvalue weighted by atomic mass is 16.4. The van der Waals surface area contributed by atoms with Gasteiger partial charge in [-0.3, -0.25) is 4.79 Å². The number of amides is 2. The van der Waals surface area contributed by atoms with E-state index in [2.05, 4.69) is 20.9 Å². The van der Waals surface area contributed by atoms with Gasteiger partial charge < -0.3 is 21.1 Å². The Hall–Kier alpha value is -3.61. The van der Waals surface area contributed by atoms with Gasteiger partial charge in [-0.2, -0.15) is 0 Å². The highest BCUT2D eigenvalue weighted by molar-refractivity contribution is 6.04. The summed E-state index contributed by atoms with van der Waals surface area (Å²) < 4.78 is 0. The Morgan fingerprint density at radius 1 is 1.18 bits per heavy atom. The molecule has 0 fully saturated rings. The van der Waals surface area contributed by atoms with Crippen LogP contribution in [-0.4, -0.2) is 34.7 Å². The van der Waals surface area contributed by atoms with Gasteiger partial charge >= 0.3 is 6.09 Å². The number of aromatic nitrogens is 1. The third kappa shape index (κ3) is 3.73. The summed E-state index contributed by atoms with van der Waals surface area (Å²) >= 11 is 0. The molecule has 2 aromatic carbocycles. The summed E-state index contributed by atoms with van der Waals surface area (Å²) in [7, 11) is 0. The normalized spacial score (nSPS) is 13.0. The summed E-state index contributed by atoms with van der Waals surface area (Å²) in [5, 5.41) is 19.5. The minimum atomic E-state index is -1.11. The molecule has 0 unspecified atom stereocenters. The van der Waals surface area contributed by atoms with E-state index in [-0.39, 0.29) is 18.5 Å². The first-order chi connectivity index (χ1) is 13.6. The molecule has 0 bridgehead atoms. The minimum Gasteiger partial charge on any atom is -0.465 e. The summed E-state index contributed by atoms with van der Waals surface area (Å²) in [6.07, 6.45) is 1.14. The van der Waals surface area contributed by atoms with Crippen molar-refractivity contribution in [1.82, 2.24) is 15.6 Å². The van der Waals surface area contributed by atoms with Crippen molar-refractivity contribution in [1.29, 1.82) is 0 Å². The van der Waals surface area contributed by atoms with E-state index >= 15 is 0 Å². The van der Waals surface area contributed by atoms with Gasteiger partial charge in [0.05, 0.1) is 6.04 Å². The predicted octanol–water partition coefficient (Wildman–Crippen LogP) is 2.77. The number of nitrogens with zero attached hydrogens (tertiary/aromatic N) is 1. The summed E-state index contributed by atoms with van der Waals surface area (Å²) in [6, 6.07) is 14.9. The fourth-order valence-corrected chi connectivity index (χ4v) is 3.54. The molecule has 0 radical (unpaired) electrons. The topological polar surface area (TPSA) is 103 Å². The van der Waals surface area contributed by atoms with E-state index in [1.165, 1.54) is 0 Å².